The van der Waals surface area contributed by atoms with Gasteiger partial charge < -0.3 is 0 Å². The normalized spacial score (nSPS) is 13.3. The first-order valence-corrected chi connectivity index (χ1v) is 9.53. The Bertz CT molecular complexity index is 1270. The van der Waals surface area contributed by atoms with Gasteiger partial charge in [-0.15, -0.1) is 0 Å². The zero-order chi connectivity index (χ0) is 21.8. The lowest BCUT2D eigenvalue weighted by Crippen LogP contribution is -2.47. The van der Waals surface area contributed by atoms with E-state index >= 15 is 0 Å². The number of benzene rings is 2. The quantitative estimate of drug-likeness (QED) is 0.530. The highest BCUT2D eigenvalue weighted by molar-refractivity contribution is 6.39. The van der Waals surface area contributed by atoms with E-state index < -0.39 is 11.8 Å². The molecule has 0 saturated heterocycles. The molecule has 0 radical (unpaired) electrons. The lowest BCUT2D eigenvalue weighted by Gasteiger charge is -2.14. The Morgan fingerprint density at radius 3 is 2.29 bits per heavy atom. The van der Waals surface area contributed by atoms with Crippen LogP contribution in [0.1, 0.15) is 28.9 Å². The third-order valence-corrected chi connectivity index (χ3v) is 4.71. The average molecular weight is 418 g/mol. The van der Waals surface area contributed by atoms with Crippen LogP contribution in [-0.4, -0.2) is 33.2 Å². The molecule has 3 N–H and O–H groups in total. The van der Waals surface area contributed by atoms with Crippen molar-refractivity contribution < 1.29 is 14.4 Å². The van der Waals surface area contributed by atoms with Gasteiger partial charge in [0.05, 0.1) is 11.9 Å². The second-order valence-corrected chi connectivity index (χ2v) is 6.84. The van der Waals surface area contributed by atoms with Gasteiger partial charge >= 0.3 is 0 Å². The number of fused-ring (bicyclic) bond motifs is 1. The van der Waals surface area contributed by atoms with E-state index in [1.807, 2.05) is 30.3 Å². The van der Waals surface area contributed by atoms with Crippen LogP contribution < -0.4 is 21.8 Å². The maximum atomic E-state index is 12.9. The number of hydrogen-bond acceptors (Lipinski definition) is 6. The monoisotopic (exact) mass is 418 g/mol. The van der Waals surface area contributed by atoms with Gasteiger partial charge in [0.1, 0.15) is 5.71 Å². The van der Waals surface area contributed by atoms with Crippen molar-refractivity contribution in [3.05, 3.63) is 76.2 Å². The summed E-state index contributed by atoms with van der Waals surface area (Å²) in [7, 11) is 0. The zero-order valence-electron chi connectivity index (χ0n) is 16.3. The van der Waals surface area contributed by atoms with Gasteiger partial charge in [0.25, 0.3) is 17.4 Å². The van der Waals surface area contributed by atoms with Crippen molar-refractivity contribution in [3.8, 4) is 0 Å². The van der Waals surface area contributed by atoms with E-state index in [1.54, 1.807) is 24.3 Å². The Hall–Kier alpha value is -4.34. The minimum Gasteiger partial charge on any atom is -0.273 e. The molecule has 3 amide bonds. The van der Waals surface area contributed by atoms with Gasteiger partial charge in [-0.3, -0.25) is 30.0 Å². The average Bonchev–Trinajstić information content (AvgIpc) is 2.80. The molecule has 3 aromatic rings. The summed E-state index contributed by atoms with van der Waals surface area (Å²) in [5.41, 5.74) is 7.39. The van der Waals surface area contributed by atoms with Crippen LogP contribution in [0.3, 0.4) is 0 Å². The van der Waals surface area contributed by atoms with Gasteiger partial charge in [-0.25, -0.2) is 10.1 Å². The van der Waals surface area contributed by atoms with Crippen LogP contribution in [0.5, 0.6) is 0 Å². The minimum absolute atomic E-state index is 0.00897. The highest BCUT2D eigenvalue weighted by atomic mass is 16.2. The molecule has 4 rings (SSSR count). The van der Waals surface area contributed by atoms with Gasteiger partial charge in [0.2, 0.25) is 5.91 Å². The molecule has 0 saturated carbocycles. The molecule has 156 valence electrons. The van der Waals surface area contributed by atoms with Gasteiger partial charge in [-0.05, 0) is 11.6 Å². The first-order chi connectivity index (χ1) is 15.0. The number of hydrogen-bond donors (Lipinski definition) is 3. The number of rotatable bonds is 4. The fourth-order valence-electron chi connectivity index (χ4n) is 3.15. The number of hydrazone groups is 1. The summed E-state index contributed by atoms with van der Waals surface area (Å²) in [5.74, 6) is -1.61. The third-order valence-electron chi connectivity index (χ3n) is 4.71. The van der Waals surface area contributed by atoms with E-state index in [0.29, 0.717) is 10.8 Å². The molecule has 10 nitrogen and oxygen atoms in total. The minimum atomic E-state index is -0.688. The molecule has 1 aromatic heterocycles. The maximum absolute atomic E-state index is 12.9. The summed E-state index contributed by atoms with van der Waals surface area (Å²) in [4.78, 5) is 49.0. The second-order valence-electron chi connectivity index (χ2n) is 6.84. The Labute approximate surface area is 175 Å². The highest BCUT2D eigenvalue weighted by Gasteiger charge is 2.21. The predicted molar refractivity (Wildman–Crippen MR) is 112 cm³/mol. The third kappa shape index (κ3) is 4.32. The van der Waals surface area contributed by atoms with Crippen molar-refractivity contribution in [2.24, 2.45) is 5.10 Å². The summed E-state index contributed by atoms with van der Waals surface area (Å²) < 4.78 is 1.22. The molecule has 0 fully saturated rings. The van der Waals surface area contributed by atoms with Crippen molar-refractivity contribution in [3.63, 3.8) is 0 Å². The van der Waals surface area contributed by atoms with Crippen LogP contribution in [0.2, 0.25) is 0 Å². The Morgan fingerprint density at radius 1 is 0.903 bits per heavy atom. The van der Waals surface area contributed by atoms with Gasteiger partial charge in [-0.2, -0.15) is 10.2 Å². The summed E-state index contributed by atoms with van der Waals surface area (Å²) in [5, 5.41) is 8.63. The van der Waals surface area contributed by atoms with E-state index in [9.17, 15) is 19.2 Å². The number of hydrazine groups is 1. The van der Waals surface area contributed by atoms with E-state index in [1.165, 1.54) is 4.68 Å². The first kappa shape index (κ1) is 20.0. The standard InChI is InChI=1S/C21H18N6O4/c28-17-11-10-16(22-23-17)19(29)24-25-20(30)18-14-8-4-5-9-15(14)21(31)27(26-18)12-13-6-2-1-3-7-13/h1-9H,10-12H2,(H,23,28)(H,24,29)(H,25,30). The predicted octanol–water partition coefficient (Wildman–Crippen LogP) is 0.472. The lowest BCUT2D eigenvalue weighted by atomic mass is 10.1. The van der Waals surface area contributed by atoms with Crippen LogP contribution in [0, 0.1) is 0 Å². The number of nitrogens with one attached hydrogen (secondary N) is 3. The van der Waals surface area contributed by atoms with Crippen molar-refractivity contribution in [2.75, 3.05) is 0 Å². The molecular weight excluding hydrogens is 400 g/mol. The van der Waals surface area contributed by atoms with E-state index in [-0.39, 0.29) is 42.3 Å². The van der Waals surface area contributed by atoms with Gasteiger partial charge in [0, 0.05) is 18.2 Å². The molecule has 0 atom stereocenters. The molecule has 10 heteroatoms. The molecule has 0 spiro atoms. The van der Waals surface area contributed by atoms with E-state index in [2.05, 4.69) is 26.5 Å². The summed E-state index contributed by atoms with van der Waals surface area (Å²) in [6.07, 6.45) is 0.299. The highest BCUT2D eigenvalue weighted by Crippen LogP contribution is 2.14. The second kappa shape index (κ2) is 8.57. The Kier molecular flexibility index (Phi) is 5.52. The van der Waals surface area contributed by atoms with E-state index in [0.717, 1.165) is 5.56 Å². The van der Waals surface area contributed by atoms with Crippen LogP contribution in [0.25, 0.3) is 10.8 Å². The summed E-state index contributed by atoms with van der Waals surface area (Å²) in [6.45, 7) is 0.188. The molecule has 2 heterocycles. The number of amides is 3. The zero-order valence-corrected chi connectivity index (χ0v) is 16.3. The van der Waals surface area contributed by atoms with Crippen LogP contribution in [0.4, 0.5) is 0 Å². The fourth-order valence-corrected chi connectivity index (χ4v) is 3.15. The number of carbonyl (C=O) groups excluding carboxylic acids is 3. The number of nitrogens with zero attached hydrogens (tertiary/aromatic N) is 3. The number of aromatic nitrogens is 2. The maximum Gasteiger partial charge on any atom is 0.290 e. The number of carbonyl (C=O) groups is 3. The molecule has 0 aliphatic carbocycles. The summed E-state index contributed by atoms with van der Waals surface area (Å²) >= 11 is 0. The molecule has 2 aromatic carbocycles. The summed E-state index contributed by atoms with van der Waals surface area (Å²) in [6, 6.07) is 15.9. The Morgan fingerprint density at radius 2 is 1.58 bits per heavy atom. The van der Waals surface area contributed by atoms with Crippen molar-refractivity contribution in [2.45, 2.75) is 19.4 Å². The smallest absolute Gasteiger partial charge is 0.273 e. The van der Waals surface area contributed by atoms with Crippen LogP contribution in [0.15, 0.2) is 64.5 Å². The van der Waals surface area contributed by atoms with Gasteiger partial charge in [0.15, 0.2) is 5.69 Å². The largest absolute Gasteiger partial charge is 0.290 e. The van der Waals surface area contributed by atoms with Crippen molar-refractivity contribution >= 4 is 34.2 Å². The van der Waals surface area contributed by atoms with E-state index in [4.69, 9.17) is 0 Å². The SMILES string of the molecule is O=C1CCC(C(=O)NNC(=O)c2nn(Cc3ccccc3)c(=O)c3ccccc23)=NN1. The molecule has 0 bridgehead atoms. The first-order valence-electron chi connectivity index (χ1n) is 9.53. The molecule has 1 aliphatic heterocycles. The lowest BCUT2D eigenvalue weighted by molar-refractivity contribution is -0.121. The fraction of sp³-hybridized carbons (Fsp3) is 0.143. The molecule has 31 heavy (non-hydrogen) atoms. The van der Waals surface area contributed by atoms with Gasteiger partial charge in [-0.1, -0.05) is 48.5 Å². The van der Waals surface area contributed by atoms with Crippen molar-refractivity contribution in [1.82, 2.24) is 26.1 Å². The van der Waals surface area contributed by atoms with Crippen molar-refractivity contribution in [1.29, 1.82) is 0 Å². The van der Waals surface area contributed by atoms with Crippen LogP contribution >= 0.6 is 0 Å². The topological polar surface area (TPSA) is 135 Å². The Balaban J connectivity index is 1.60. The molecule has 0 unspecified atom stereocenters. The molecule has 1 aliphatic rings. The molecular formula is C21H18N6O4. The van der Waals surface area contributed by atoms with Crippen LogP contribution in [-0.2, 0) is 16.1 Å².